The fourth-order valence-electron chi connectivity index (χ4n) is 3.12. The second-order valence-electron chi connectivity index (χ2n) is 7.07. The maximum atomic E-state index is 12.6. The molecule has 10 heteroatoms. The quantitative estimate of drug-likeness (QED) is 0.327. The lowest BCUT2D eigenvalue weighted by atomic mass is 10.1. The van der Waals surface area contributed by atoms with Gasteiger partial charge in [-0.3, -0.25) is 4.79 Å². The minimum Gasteiger partial charge on any atom is -0.465 e. The maximum absolute atomic E-state index is 12.6. The fraction of sp³-hybridized carbons (Fsp3) is 0.167. The molecule has 3 rings (SSSR count). The van der Waals surface area contributed by atoms with E-state index in [1.807, 2.05) is 30.3 Å². The van der Waals surface area contributed by atoms with E-state index in [2.05, 4.69) is 16.0 Å². The third-order valence-corrected chi connectivity index (χ3v) is 6.20. The lowest BCUT2D eigenvalue weighted by Gasteiger charge is -2.12. The zero-order valence-electron chi connectivity index (χ0n) is 18.8. The summed E-state index contributed by atoms with van der Waals surface area (Å²) in [6.07, 6.45) is 0. The van der Waals surface area contributed by atoms with Crippen molar-refractivity contribution >= 4 is 57.2 Å². The summed E-state index contributed by atoms with van der Waals surface area (Å²) in [5.74, 6) is -1.39. The van der Waals surface area contributed by atoms with E-state index in [1.165, 1.54) is 14.2 Å². The van der Waals surface area contributed by atoms with Gasteiger partial charge in [-0.15, -0.1) is 11.3 Å². The molecule has 0 spiro atoms. The van der Waals surface area contributed by atoms with Crippen molar-refractivity contribution < 1.29 is 23.9 Å². The molecule has 0 saturated heterocycles. The minimum atomic E-state index is -0.605. The summed E-state index contributed by atoms with van der Waals surface area (Å²) >= 11 is 6.42. The molecule has 0 aliphatic heterocycles. The van der Waals surface area contributed by atoms with Crippen LogP contribution in [-0.2, 0) is 16.0 Å². The third-order valence-electron chi connectivity index (χ3n) is 4.81. The van der Waals surface area contributed by atoms with E-state index in [1.54, 1.807) is 31.2 Å². The highest BCUT2D eigenvalue weighted by molar-refractivity contribution is 7.80. The Morgan fingerprint density at radius 2 is 1.65 bits per heavy atom. The van der Waals surface area contributed by atoms with Crippen LogP contribution in [0.25, 0.3) is 0 Å². The molecule has 176 valence electrons. The van der Waals surface area contributed by atoms with Crippen LogP contribution in [0, 0.1) is 6.92 Å². The Morgan fingerprint density at radius 3 is 2.32 bits per heavy atom. The van der Waals surface area contributed by atoms with Crippen LogP contribution in [0.2, 0.25) is 0 Å². The zero-order chi connectivity index (χ0) is 24.7. The number of methoxy groups -OCH3 is 2. The Balaban J connectivity index is 1.71. The Bertz CT molecular complexity index is 1220. The van der Waals surface area contributed by atoms with E-state index in [9.17, 15) is 14.4 Å². The molecule has 1 amide bonds. The average Bonchev–Trinajstić information content (AvgIpc) is 3.17. The molecule has 0 radical (unpaired) electrons. The van der Waals surface area contributed by atoms with Gasteiger partial charge in [0, 0.05) is 17.8 Å². The van der Waals surface area contributed by atoms with Gasteiger partial charge in [0.15, 0.2) is 5.11 Å². The third kappa shape index (κ3) is 5.97. The van der Waals surface area contributed by atoms with Crippen LogP contribution in [-0.4, -0.2) is 37.2 Å². The number of ether oxygens (including phenoxy) is 2. The average molecular weight is 498 g/mol. The first kappa shape index (κ1) is 24.9. The van der Waals surface area contributed by atoms with Crippen LogP contribution in [0.4, 0.5) is 10.7 Å². The summed E-state index contributed by atoms with van der Waals surface area (Å²) in [6.45, 7) is 2.04. The predicted octanol–water partition coefficient (Wildman–Crippen LogP) is 4.37. The van der Waals surface area contributed by atoms with Crippen molar-refractivity contribution in [1.82, 2.24) is 5.32 Å². The molecule has 8 nitrogen and oxygen atoms in total. The summed E-state index contributed by atoms with van der Waals surface area (Å²) in [5.41, 5.74) is 2.66. The molecular formula is C24H23N3O5S2. The van der Waals surface area contributed by atoms with Crippen molar-refractivity contribution in [1.29, 1.82) is 0 Å². The van der Waals surface area contributed by atoms with Gasteiger partial charge in [-0.05, 0) is 48.5 Å². The normalized spacial score (nSPS) is 10.2. The van der Waals surface area contributed by atoms with Gasteiger partial charge in [-0.2, -0.15) is 0 Å². The number of carbonyl (C=O) groups excluding carboxylic acids is 3. The molecule has 0 atom stereocenters. The van der Waals surface area contributed by atoms with Crippen molar-refractivity contribution in [2.24, 2.45) is 0 Å². The molecule has 1 aromatic heterocycles. The second-order valence-corrected chi connectivity index (χ2v) is 8.50. The van der Waals surface area contributed by atoms with Crippen molar-refractivity contribution in [3.05, 3.63) is 81.7 Å². The van der Waals surface area contributed by atoms with Crippen LogP contribution >= 0.6 is 23.6 Å². The standard InChI is InChI=1S/C24H23N3O5S2/c1-14-18(22(29)31-2)21(34-19(14)23(30)32-3)27-24(33)26-17-11-7-10-16(12-17)20(28)25-13-15-8-5-4-6-9-15/h4-12H,13H2,1-3H3,(H,25,28)(H2,26,27,33). The number of anilines is 2. The molecule has 3 aromatic rings. The van der Waals surface area contributed by atoms with Gasteiger partial charge >= 0.3 is 11.9 Å². The number of thiocarbonyl (C=S) groups is 1. The number of hydrogen-bond donors (Lipinski definition) is 3. The van der Waals surface area contributed by atoms with Crippen LogP contribution < -0.4 is 16.0 Å². The highest BCUT2D eigenvalue weighted by Crippen LogP contribution is 2.34. The topological polar surface area (TPSA) is 106 Å². The lowest BCUT2D eigenvalue weighted by molar-refractivity contribution is 0.0601. The molecule has 0 aliphatic rings. The summed E-state index contributed by atoms with van der Waals surface area (Å²) in [6, 6.07) is 16.4. The molecule has 0 bridgehead atoms. The molecule has 0 unspecified atom stereocenters. The van der Waals surface area contributed by atoms with Crippen LogP contribution in [0.3, 0.4) is 0 Å². The summed E-state index contributed by atoms with van der Waals surface area (Å²) in [4.78, 5) is 37.2. The molecule has 3 N–H and O–H groups in total. The van der Waals surface area contributed by atoms with Crippen LogP contribution in [0.5, 0.6) is 0 Å². The van der Waals surface area contributed by atoms with E-state index in [0.717, 1.165) is 16.9 Å². The zero-order valence-corrected chi connectivity index (χ0v) is 20.4. The number of thiophene rings is 1. The largest absolute Gasteiger partial charge is 0.465 e. The van der Waals surface area contributed by atoms with Crippen LogP contribution in [0.15, 0.2) is 54.6 Å². The van der Waals surface area contributed by atoms with E-state index < -0.39 is 11.9 Å². The van der Waals surface area contributed by atoms with Crippen molar-refractivity contribution in [3.8, 4) is 0 Å². The van der Waals surface area contributed by atoms with E-state index in [0.29, 0.717) is 28.4 Å². The molecule has 1 heterocycles. The maximum Gasteiger partial charge on any atom is 0.348 e. The van der Waals surface area contributed by atoms with E-state index in [-0.39, 0.29) is 21.5 Å². The molecule has 0 aliphatic carbocycles. The van der Waals surface area contributed by atoms with Gasteiger partial charge < -0.3 is 25.4 Å². The number of rotatable bonds is 7. The first-order chi connectivity index (χ1) is 16.3. The Labute approximate surface area is 206 Å². The van der Waals surface area contributed by atoms with Crippen molar-refractivity contribution in [2.75, 3.05) is 24.9 Å². The molecule has 34 heavy (non-hydrogen) atoms. The fourth-order valence-corrected chi connectivity index (χ4v) is 4.52. The molecule has 0 saturated carbocycles. The summed E-state index contributed by atoms with van der Waals surface area (Å²) < 4.78 is 9.64. The van der Waals surface area contributed by atoms with Gasteiger partial charge in [0.05, 0.1) is 19.8 Å². The number of esters is 2. The Hall–Kier alpha value is -3.76. The first-order valence-corrected chi connectivity index (χ1v) is 11.4. The number of nitrogens with one attached hydrogen (secondary N) is 3. The van der Waals surface area contributed by atoms with Crippen LogP contribution in [0.1, 0.15) is 41.5 Å². The number of amides is 1. The van der Waals surface area contributed by atoms with Gasteiger partial charge in [-0.1, -0.05) is 36.4 Å². The SMILES string of the molecule is COC(=O)c1sc(NC(=S)Nc2cccc(C(=O)NCc3ccccc3)c2)c(C(=O)OC)c1C. The summed E-state index contributed by atoms with van der Waals surface area (Å²) in [5, 5.41) is 9.33. The smallest absolute Gasteiger partial charge is 0.348 e. The molecule has 2 aromatic carbocycles. The highest BCUT2D eigenvalue weighted by Gasteiger charge is 2.26. The van der Waals surface area contributed by atoms with Gasteiger partial charge in [-0.25, -0.2) is 9.59 Å². The van der Waals surface area contributed by atoms with E-state index >= 15 is 0 Å². The highest BCUT2D eigenvalue weighted by atomic mass is 32.1. The van der Waals surface area contributed by atoms with Gasteiger partial charge in [0.2, 0.25) is 0 Å². The summed E-state index contributed by atoms with van der Waals surface area (Å²) in [7, 11) is 2.52. The van der Waals surface area contributed by atoms with Gasteiger partial charge in [0.25, 0.3) is 5.91 Å². The minimum absolute atomic E-state index is 0.171. The Kier molecular flexibility index (Phi) is 8.34. The van der Waals surface area contributed by atoms with Gasteiger partial charge in [0.1, 0.15) is 9.88 Å². The first-order valence-electron chi connectivity index (χ1n) is 10.1. The lowest BCUT2D eigenvalue weighted by Crippen LogP contribution is -2.23. The molecular weight excluding hydrogens is 474 g/mol. The van der Waals surface area contributed by atoms with Crippen molar-refractivity contribution in [3.63, 3.8) is 0 Å². The second kappa shape index (κ2) is 11.4. The van der Waals surface area contributed by atoms with E-state index in [4.69, 9.17) is 21.7 Å². The van der Waals surface area contributed by atoms with Crippen molar-refractivity contribution in [2.45, 2.75) is 13.5 Å². The number of carbonyl (C=O) groups is 3. The number of hydrogen-bond acceptors (Lipinski definition) is 7. The number of benzene rings is 2. The monoisotopic (exact) mass is 497 g/mol. The Morgan fingerprint density at radius 1 is 0.941 bits per heavy atom. The predicted molar refractivity (Wildman–Crippen MR) is 136 cm³/mol. The molecule has 0 fully saturated rings.